The van der Waals surface area contributed by atoms with E-state index in [2.05, 4.69) is 15.4 Å². The molecule has 7 heteroatoms. The number of aryl methyl sites for hydroxylation is 2. The minimum Gasteiger partial charge on any atom is -0.322 e. The molecule has 0 saturated heterocycles. The fourth-order valence-corrected chi connectivity index (χ4v) is 3.20. The van der Waals surface area contributed by atoms with E-state index in [9.17, 15) is 13.6 Å². The third-order valence-corrected chi connectivity index (χ3v) is 4.67. The third-order valence-electron chi connectivity index (χ3n) is 4.67. The maximum absolute atomic E-state index is 13.7. The molecule has 2 aromatic heterocycles. The highest BCUT2D eigenvalue weighted by Gasteiger charge is 2.22. The van der Waals surface area contributed by atoms with Crippen LogP contribution in [-0.2, 0) is 0 Å². The smallest absolute Gasteiger partial charge is 0.280 e. The second-order valence-corrected chi connectivity index (χ2v) is 6.80. The summed E-state index contributed by atoms with van der Waals surface area (Å²) >= 11 is 0. The lowest BCUT2D eigenvalue weighted by atomic mass is 10.1. The summed E-state index contributed by atoms with van der Waals surface area (Å²) in [5.41, 5.74) is 3.56. The van der Waals surface area contributed by atoms with Gasteiger partial charge in [-0.15, -0.1) is 0 Å². The SMILES string of the molecule is Cc1ccc(NC(=O)c2cnn3c(C(F)F)cc(-c4ccccc4)nc23)c(C)c1. The number of anilines is 1. The number of rotatable bonds is 4. The van der Waals surface area contributed by atoms with Gasteiger partial charge in [0.15, 0.2) is 5.65 Å². The highest BCUT2D eigenvalue weighted by Crippen LogP contribution is 2.27. The van der Waals surface area contributed by atoms with E-state index in [0.717, 1.165) is 15.6 Å². The highest BCUT2D eigenvalue weighted by molar-refractivity contribution is 6.08. The summed E-state index contributed by atoms with van der Waals surface area (Å²) in [5.74, 6) is -0.454. The van der Waals surface area contributed by atoms with E-state index in [1.807, 2.05) is 38.1 Å². The minimum atomic E-state index is -2.77. The predicted molar refractivity (Wildman–Crippen MR) is 107 cm³/mol. The molecule has 0 bridgehead atoms. The normalized spacial score (nSPS) is 11.2. The average Bonchev–Trinajstić information content (AvgIpc) is 3.14. The Bertz CT molecular complexity index is 1200. The number of aromatic nitrogens is 3. The molecule has 0 radical (unpaired) electrons. The largest absolute Gasteiger partial charge is 0.322 e. The van der Waals surface area contributed by atoms with Crippen LogP contribution in [0.3, 0.4) is 0 Å². The fourth-order valence-electron chi connectivity index (χ4n) is 3.20. The number of amides is 1. The van der Waals surface area contributed by atoms with Gasteiger partial charge < -0.3 is 5.32 Å². The van der Waals surface area contributed by atoms with Crippen LogP contribution >= 0.6 is 0 Å². The molecule has 2 aromatic carbocycles. The van der Waals surface area contributed by atoms with Crippen molar-refractivity contribution in [2.45, 2.75) is 20.3 Å². The molecule has 0 saturated carbocycles. The van der Waals surface area contributed by atoms with Crippen LogP contribution in [-0.4, -0.2) is 20.5 Å². The molecule has 1 N–H and O–H groups in total. The minimum absolute atomic E-state index is 0.0870. The Labute approximate surface area is 166 Å². The van der Waals surface area contributed by atoms with Crippen LogP contribution in [0.15, 0.2) is 60.8 Å². The van der Waals surface area contributed by atoms with Crippen LogP contribution in [0.4, 0.5) is 14.5 Å². The van der Waals surface area contributed by atoms with Gasteiger partial charge in [-0.25, -0.2) is 18.3 Å². The van der Waals surface area contributed by atoms with Gasteiger partial charge in [-0.3, -0.25) is 4.79 Å². The maximum atomic E-state index is 13.7. The summed E-state index contributed by atoms with van der Waals surface area (Å²) in [5, 5.41) is 6.81. The quantitative estimate of drug-likeness (QED) is 0.519. The Morgan fingerprint density at radius 3 is 2.52 bits per heavy atom. The number of fused-ring (bicyclic) bond motifs is 1. The first-order chi connectivity index (χ1) is 13.9. The van der Waals surface area contributed by atoms with Crippen LogP contribution in [0, 0.1) is 13.8 Å². The summed E-state index contributed by atoms with van der Waals surface area (Å²) in [6, 6.07) is 15.9. The van der Waals surface area contributed by atoms with Crippen molar-refractivity contribution in [2.75, 3.05) is 5.32 Å². The number of carbonyl (C=O) groups excluding carboxylic acids is 1. The molecular formula is C22H18F2N4O. The molecule has 4 aromatic rings. The highest BCUT2D eigenvalue weighted by atomic mass is 19.3. The summed E-state index contributed by atoms with van der Waals surface area (Å²) in [7, 11) is 0. The third kappa shape index (κ3) is 3.59. The van der Waals surface area contributed by atoms with E-state index in [4.69, 9.17) is 0 Å². The Morgan fingerprint density at radius 2 is 1.83 bits per heavy atom. The molecule has 0 atom stereocenters. The second kappa shape index (κ2) is 7.43. The average molecular weight is 392 g/mol. The number of benzene rings is 2. The van der Waals surface area contributed by atoms with E-state index in [0.29, 0.717) is 16.9 Å². The number of hydrogen-bond donors (Lipinski definition) is 1. The zero-order valence-electron chi connectivity index (χ0n) is 15.9. The molecule has 0 unspecified atom stereocenters. The number of nitrogens with one attached hydrogen (secondary N) is 1. The molecule has 0 aliphatic rings. The molecule has 4 rings (SSSR count). The van der Waals surface area contributed by atoms with Crippen molar-refractivity contribution < 1.29 is 13.6 Å². The van der Waals surface area contributed by atoms with Gasteiger partial charge in [-0.1, -0.05) is 48.0 Å². The maximum Gasteiger partial charge on any atom is 0.280 e. The van der Waals surface area contributed by atoms with Crippen molar-refractivity contribution in [2.24, 2.45) is 0 Å². The van der Waals surface area contributed by atoms with E-state index in [1.165, 1.54) is 12.3 Å². The summed E-state index contributed by atoms with van der Waals surface area (Å²) in [6.07, 6.45) is -1.50. The van der Waals surface area contributed by atoms with Gasteiger partial charge >= 0.3 is 0 Å². The molecule has 146 valence electrons. The van der Waals surface area contributed by atoms with Gasteiger partial charge in [0.05, 0.1) is 11.9 Å². The topological polar surface area (TPSA) is 59.3 Å². The molecular weight excluding hydrogens is 374 g/mol. The second-order valence-electron chi connectivity index (χ2n) is 6.80. The van der Waals surface area contributed by atoms with Gasteiger partial charge in [-0.2, -0.15) is 5.10 Å². The fraction of sp³-hybridized carbons (Fsp3) is 0.136. The van der Waals surface area contributed by atoms with Gasteiger partial charge in [0.25, 0.3) is 12.3 Å². The molecule has 0 spiro atoms. The van der Waals surface area contributed by atoms with Crippen molar-refractivity contribution in [3.63, 3.8) is 0 Å². The molecule has 5 nitrogen and oxygen atoms in total. The number of halogens is 2. The number of nitrogens with zero attached hydrogens (tertiary/aromatic N) is 3. The summed E-state index contributed by atoms with van der Waals surface area (Å²) < 4.78 is 28.3. The molecule has 0 aliphatic heterocycles. The number of carbonyl (C=O) groups is 1. The Kier molecular flexibility index (Phi) is 4.80. The summed E-state index contributed by atoms with van der Waals surface area (Å²) in [4.78, 5) is 17.3. The lowest BCUT2D eigenvalue weighted by Crippen LogP contribution is -2.13. The van der Waals surface area contributed by atoms with Crippen LogP contribution in [0.1, 0.15) is 33.6 Å². The summed E-state index contributed by atoms with van der Waals surface area (Å²) in [6.45, 7) is 3.85. The zero-order chi connectivity index (χ0) is 20.5. The first kappa shape index (κ1) is 18.7. The van der Waals surface area contributed by atoms with E-state index < -0.39 is 12.3 Å². The molecule has 29 heavy (non-hydrogen) atoms. The van der Waals surface area contributed by atoms with Gasteiger partial charge in [0.1, 0.15) is 11.3 Å². The number of hydrogen-bond acceptors (Lipinski definition) is 3. The lowest BCUT2D eigenvalue weighted by molar-refractivity contribution is 0.102. The molecule has 0 aliphatic carbocycles. The first-order valence-electron chi connectivity index (χ1n) is 9.05. The molecule has 1 amide bonds. The van der Waals surface area contributed by atoms with Crippen LogP contribution in [0.2, 0.25) is 0 Å². The Morgan fingerprint density at radius 1 is 1.07 bits per heavy atom. The van der Waals surface area contributed by atoms with Crippen LogP contribution < -0.4 is 5.32 Å². The van der Waals surface area contributed by atoms with Gasteiger partial charge in [-0.05, 0) is 31.5 Å². The molecule has 2 heterocycles. The van der Waals surface area contributed by atoms with Crippen molar-refractivity contribution in [1.29, 1.82) is 0 Å². The predicted octanol–water partition coefficient (Wildman–Crippen LogP) is 5.20. The zero-order valence-corrected chi connectivity index (χ0v) is 15.9. The monoisotopic (exact) mass is 392 g/mol. The van der Waals surface area contributed by atoms with Crippen LogP contribution in [0.25, 0.3) is 16.9 Å². The first-order valence-corrected chi connectivity index (χ1v) is 9.05. The van der Waals surface area contributed by atoms with E-state index in [-0.39, 0.29) is 16.9 Å². The van der Waals surface area contributed by atoms with E-state index >= 15 is 0 Å². The van der Waals surface area contributed by atoms with Crippen molar-refractivity contribution in [1.82, 2.24) is 14.6 Å². The lowest BCUT2D eigenvalue weighted by Gasteiger charge is -2.10. The Hall–Kier alpha value is -3.61. The van der Waals surface area contributed by atoms with Gasteiger partial charge in [0, 0.05) is 11.3 Å². The Balaban J connectivity index is 1.80. The number of alkyl halides is 2. The van der Waals surface area contributed by atoms with Crippen molar-refractivity contribution >= 4 is 17.2 Å². The van der Waals surface area contributed by atoms with Crippen molar-refractivity contribution in [3.8, 4) is 11.3 Å². The van der Waals surface area contributed by atoms with E-state index in [1.54, 1.807) is 24.3 Å². The molecule has 0 fully saturated rings. The van der Waals surface area contributed by atoms with Crippen LogP contribution in [0.5, 0.6) is 0 Å². The van der Waals surface area contributed by atoms with Gasteiger partial charge in [0.2, 0.25) is 0 Å². The van der Waals surface area contributed by atoms with Crippen molar-refractivity contribution in [3.05, 3.63) is 83.2 Å². The standard InChI is InChI=1S/C22H18F2N4O/c1-13-8-9-17(14(2)10-13)27-22(29)16-12-25-28-19(20(23)24)11-18(26-21(16)28)15-6-4-3-5-7-15/h3-12,20H,1-2H3,(H,27,29).